The van der Waals surface area contributed by atoms with Crippen molar-refractivity contribution in [3.05, 3.63) is 52.0 Å². The summed E-state index contributed by atoms with van der Waals surface area (Å²) in [6.45, 7) is 0. The zero-order chi connectivity index (χ0) is 12.4. The lowest BCUT2D eigenvalue weighted by molar-refractivity contribution is 0.674. The molecule has 0 amide bonds. The Labute approximate surface area is 110 Å². The van der Waals surface area contributed by atoms with E-state index in [2.05, 4.69) is 10.3 Å². The van der Waals surface area contributed by atoms with Gasteiger partial charge in [-0.3, -0.25) is 0 Å². The second-order valence-corrected chi connectivity index (χ2v) is 4.76. The third kappa shape index (κ3) is 2.80. The van der Waals surface area contributed by atoms with E-state index in [-0.39, 0.29) is 6.04 Å². The van der Waals surface area contributed by atoms with Crippen LogP contribution >= 0.6 is 23.2 Å². The Balaban J connectivity index is 2.41. The topological polar surface area (TPSA) is 29.9 Å². The Hall–Kier alpha value is -1.03. The van der Waals surface area contributed by atoms with Crippen molar-refractivity contribution >= 4 is 23.2 Å². The van der Waals surface area contributed by atoms with Crippen molar-refractivity contribution < 1.29 is 0 Å². The monoisotopic (exact) mass is 269 g/mol. The molecule has 0 saturated heterocycles. The summed E-state index contributed by atoms with van der Waals surface area (Å²) in [5, 5.41) is 4.47. The molecular weight excluding hydrogens is 257 g/mol. The Morgan fingerprint density at radius 3 is 2.35 bits per heavy atom. The predicted octanol–water partition coefficient (Wildman–Crippen LogP) is 3.04. The molecule has 0 aliphatic carbocycles. The molecule has 1 atom stereocenters. The first-order valence-electron chi connectivity index (χ1n) is 5.21. The smallest absolute Gasteiger partial charge is 0.0947 e. The van der Waals surface area contributed by atoms with Gasteiger partial charge in [-0.15, -0.1) is 0 Å². The molecule has 0 fully saturated rings. The van der Waals surface area contributed by atoms with Gasteiger partial charge in [0.05, 0.1) is 18.1 Å². The number of nitrogens with one attached hydrogen (secondary N) is 1. The van der Waals surface area contributed by atoms with Gasteiger partial charge in [-0.2, -0.15) is 0 Å². The van der Waals surface area contributed by atoms with Gasteiger partial charge in [-0.25, -0.2) is 4.98 Å². The minimum atomic E-state index is -0.00704. The second-order valence-electron chi connectivity index (χ2n) is 3.89. The van der Waals surface area contributed by atoms with Crippen molar-refractivity contribution in [1.82, 2.24) is 14.9 Å². The number of hydrogen-bond donors (Lipinski definition) is 1. The zero-order valence-electron chi connectivity index (χ0n) is 9.61. The molecule has 1 unspecified atom stereocenters. The van der Waals surface area contributed by atoms with Crippen LogP contribution < -0.4 is 5.32 Å². The Morgan fingerprint density at radius 1 is 1.24 bits per heavy atom. The molecule has 0 spiro atoms. The summed E-state index contributed by atoms with van der Waals surface area (Å²) in [5.41, 5.74) is 1.94. The lowest BCUT2D eigenvalue weighted by Gasteiger charge is -2.15. The summed E-state index contributed by atoms with van der Waals surface area (Å²) < 4.78 is 1.91. The van der Waals surface area contributed by atoms with Crippen LogP contribution in [0, 0.1) is 0 Å². The van der Waals surface area contributed by atoms with E-state index < -0.39 is 0 Å². The van der Waals surface area contributed by atoms with E-state index in [9.17, 15) is 0 Å². The van der Waals surface area contributed by atoms with Crippen LogP contribution in [0.1, 0.15) is 17.3 Å². The summed E-state index contributed by atoms with van der Waals surface area (Å²) >= 11 is 12.0. The molecule has 1 aromatic carbocycles. The van der Waals surface area contributed by atoms with Crippen LogP contribution in [-0.4, -0.2) is 16.6 Å². The molecule has 0 bridgehead atoms. The third-order valence-corrected chi connectivity index (χ3v) is 2.96. The van der Waals surface area contributed by atoms with Gasteiger partial charge >= 0.3 is 0 Å². The van der Waals surface area contributed by atoms with Crippen molar-refractivity contribution in [3.63, 3.8) is 0 Å². The van der Waals surface area contributed by atoms with E-state index in [0.29, 0.717) is 10.0 Å². The molecule has 0 saturated carbocycles. The van der Waals surface area contributed by atoms with Gasteiger partial charge in [0.1, 0.15) is 0 Å². The fourth-order valence-electron chi connectivity index (χ4n) is 1.81. The van der Waals surface area contributed by atoms with E-state index in [4.69, 9.17) is 23.2 Å². The summed E-state index contributed by atoms with van der Waals surface area (Å²) in [5.74, 6) is 0. The normalized spacial score (nSPS) is 12.7. The molecule has 2 rings (SSSR count). The van der Waals surface area contributed by atoms with Crippen LogP contribution in [0.15, 0.2) is 30.7 Å². The molecule has 1 N–H and O–H groups in total. The molecule has 90 valence electrons. The van der Waals surface area contributed by atoms with Gasteiger partial charge in [0.2, 0.25) is 0 Å². The molecule has 2 aromatic rings. The number of imidazole rings is 1. The highest BCUT2D eigenvalue weighted by atomic mass is 35.5. The fourth-order valence-corrected chi connectivity index (χ4v) is 2.35. The first kappa shape index (κ1) is 12.4. The van der Waals surface area contributed by atoms with Gasteiger partial charge in [0, 0.05) is 23.3 Å². The molecule has 0 aliphatic heterocycles. The number of halogens is 2. The molecule has 1 aromatic heterocycles. The fraction of sp³-hybridized carbons (Fsp3) is 0.250. The van der Waals surface area contributed by atoms with Gasteiger partial charge in [0.25, 0.3) is 0 Å². The van der Waals surface area contributed by atoms with Crippen LogP contribution in [0.2, 0.25) is 10.0 Å². The number of hydrogen-bond acceptors (Lipinski definition) is 2. The number of benzene rings is 1. The number of aromatic nitrogens is 2. The Bertz CT molecular complexity index is 502. The van der Waals surface area contributed by atoms with Crippen molar-refractivity contribution in [2.24, 2.45) is 7.05 Å². The van der Waals surface area contributed by atoms with Gasteiger partial charge < -0.3 is 9.88 Å². The Kier molecular flexibility index (Phi) is 3.72. The van der Waals surface area contributed by atoms with Crippen molar-refractivity contribution in [1.29, 1.82) is 0 Å². The maximum absolute atomic E-state index is 6.01. The van der Waals surface area contributed by atoms with Crippen molar-refractivity contribution in [2.45, 2.75) is 6.04 Å². The van der Waals surface area contributed by atoms with E-state index in [1.54, 1.807) is 12.4 Å². The van der Waals surface area contributed by atoms with E-state index in [1.165, 1.54) is 0 Å². The molecule has 17 heavy (non-hydrogen) atoms. The van der Waals surface area contributed by atoms with Crippen LogP contribution in [0.25, 0.3) is 0 Å². The Morgan fingerprint density at radius 2 is 1.88 bits per heavy atom. The maximum Gasteiger partial charge on any atom is 0.0947 e. The SMILES string of the molecule is CNC(c1cc(Cl)cc(Cl)c1)c1cn(C)cn1. The highest BCUT2D eigenvalue weighted by Crippen LogP contribution is 2.26. The van der Waals surface area contributed by atoms with Gasteiger partial charge in [-0.05, 0) is 30.8 Å². The zero-order valence-corrected chi connectivity index (χ0v) is 11.1. The molecular formula is C12H13Cl2N3. The number of nitrogens with zero attached hydrogens (tertiary/aromatic N) is 2. The lowest BCUT2D eigenvalue weighted by atomic mass is 10.0. The molecule has 1 heterocycles. The largest absolute Gasteiger partial charge is 0.340 e. The lowest BCUT2D eigenvalue weighted by Crippen LogP contribution is -2.18. The summed E-state index contributed by atoms with van der Waals surface area (Å²) in [6, 6.07) is 5.50. The average Bonchev–Trinajstić information content (AvgIpc) is 2.64. The summed E-state index contributed by atoms with van der Waals surface area (Å²) in [6.07, 6.45) is 3.74. The van der Waals surface area contributed by atoms with Crippen molar-refractivity contribution in [2.75, 3.05) is 7.05 Å². The first-order chi connectivity index (χ1) is 8.10. The highest BCUT2D eigenvalue weighted by molar-refractivity contribution is 6.34. The molecule has 0 radical (unpaired) electrons. The molecule has 5 heteroatoms. The van der Waals surface area contributed by atoms with Gasteiger partial charge in [0.15, 0.2) is 0 Å². The minimum Gasteiger partial charge on any atom is -0.340 e. The van der Waals surface area contributed by atoms with Crippen LogP contribution in [-0.2, 0) is 7.05 Å². The molecule has 0 aliphatic rings. The highest BCUT2D eigenvalue weighted by Gasteiger charge is 2.15. The minimum absolute atomic E-state index is 0.00704. The second kappa shape index (κ2) is 5.08. The van der Waals surface area contributed by atoms with Crippen LogP contribution in [0.4, 0.5) is 0 Å². The third-order valence-electron chi connectivity index (χ3n) is 2.53. The number of rotatable bonds is 3. The average molecular weight is 270 g/mol. The van der Waals surface area contributed by atoms with Crippen LogP contribution in [0.3, 0.4) is 0 Å². The first-order valence-corrected chi connectivity index (χ1v) is 5.97. The van der Waals surface area contributed by atoms with E-state index >= 15 is 0 Å². The summed E-state index contributed by atoms with van der Waals surface area (Å²) in [7, 11) is 3.82. The standard InChI is InChI=1S/C12H13Cl2N3/c1-15-12(11-6-17(2)7-16-11)8-3-9(13)5-10(14)4-8/h3-7,12,15H,1-2H3. The summed E-state index contributed by atoms with van der Waals surface area (Å²) in [4.78, 5) is 4.34. The quantitative estimate of drug-likeness (QED) is 0.929. The number of aryl methyl sites for hydroxylation is 1. The van der Waals surface area contributed by atoms with E-state index in [1.807, 2.05) is 37.0 Å². The van der Waals surface area contributed by atoms with Gasteiger partial charge in [-0.1, -0.05) is 23.2 Å². The molecule has 3 nitrogen and oxygen atoms in total. The van der Waals surface area contributed by atoms with Crippen LogP contribution in [0.5, 0.6) is 0 Å². The van der Waals surface area contributed by atoms with E-state index in [0.717, 1.165) is 11.3 Å². The van der Waals surface area contributed by atoms with Crippen molar-refractivity contribution in [3.8, 4) is 0 Å². The predicted molar refractivity (Wildman–Crippen MR) is 70.6 cm³/mol. The maximum atomic E-state index is 6.01.